The van der Waals surface area contributed by atoms with Gasteiger partial charge in [0, 0.05) is 19.3 Å². The highest BCUT2D eigenvalue weighted by atomic mass is 32.7. The summed E-state index contributed by atoms with van der Waals surface area (Å²) in [7, 11) is -0.991. The molecule has 6 nitrogen and oxygen atoms in total. The van der Waals surface area contributed by atoms with E-state index < -0.39 is 16.7 Å². The molecular weight excluding hydrogens is 319 g/mol. The molecule has 20 heavy (non-hydrogen) atoms. The molecule has 120 valence electrons. The third-order valence-electron chi connectivity index (χ3n) is 2.96. The highest BCUT2D eigenvalue weighted by molar-refractivity contribution is 8.58. The number of carbonyl (C=O) groups is 1. The van der Waals surface area contributed by atoms with E-state index in [4.69, 9.17) is 0 Å². The molecule has 0 aromatic heterocycles. The van der Waals surface area contributed by atoms with Crippen molar-refractivity contribution in [3.8, 4) is 0 Å². The van der Waals surface area contributed by atoms with Crippen LogP contribution in [0.15, 0.2) is 0 Å². The number of hydrogen-bond donors (Lipinski definition) is 0. The zero-order valence-corrected chi connectivity index (χ0v) is 15.3. The molecule has 0 N–H and O–H groups in total. The fourth-order valence-corrected chi connectivity index (χ4v) is 9.58. The van der Waals surface area contributed by atoms with Crippen molar-refractivity contribution in [3.05, 3.63) is 0 Å². The van der Waals surface area contributed by atoms with Gasteiger partial charge in [-0.25, -0.2) is 8.42 Å². The maximum atomic E-state index is 13.0. The molecule has 0 aliphatic rings. The predicted octanol–water partition coefficient (Wildman–Crippen LogP) is 2.78. The van der Waals surface area contributed by atoms with Crippen LogP contribution in [0.1, 0.15) is 40.0 Å². The van der Waals surface area contributed by atoms with E-state index in [2.05, 4.69) is 0 Å². The van der Waals surface area contributed by atoms with E-state index >= 15 is 0 Å². The van der Waals surface area contributed by atoms with Crippen molar-refractivity contribution in [1.29, 1.82) is 0 Å². The van der Waals surface area contributed by atoms with Gasteiger partial charge in [-0.05, 0) is 12.8 Å². The third-order valence-corrected chi connectivity index (χ3v) is 12.3. The molecular formula is C11H25N2O4PS2. The summed E-state index contributed by atoms with van der Waals surface area (Å²) in [6.07, 6.45) is 2.40. The summed E-state index contributed by atoms with van der Waals surface area (Å²) < 4.78 is 39.3. The van der Waals surface area contributed by atoms with Crippen molar-refractivity contribution < 1.29 is 17.8 Å². The average Bonchev–Trinajstić information content (AvgIpc) is 2.42. The predicted molar refractivity (Wildman–Crippen MR) is 85.2 cm³/mol. The first-order valence-electron chi connectivity index (χ1n) is 6.59. The second-order valence-corrected chi connectivity index (χ2v) is 12.3. The second kappa shape index (κ2) is 8.41. The van der Waals surface area contributed by atoms with Crippen molar-refractivity contribution >= 4 is 34.5 Å². The molecule has 2 unspecified atom stereocenters. The number of amides is 1. The zero-order valence-electron chi connectivity index (χ0n) is 12.8. The van der Waals surface area contributed by atoms with Gasteiger partial charge in [0.25, 0.3) is 0 Å². The molecule has 0 rings (SSSR count). The average molecular weight is 344 g/mol. The molecule has 0 aromatic rings. The zero-order chi connectivity index (χ0) is 16.0. The monoisotopic (exact) mass is 344 g/mol. The summed E-state index contributed by atoms with van der Waals surface area (Å²) in [6, 6.07) is 0. The normalized spacial score (nSPS) is 16.7. The Balaban J connectivity index is 5.43. The molecule has 0 aliphatic heterocycles. The SMILES string of the molecule is CCCCS(=O)(=O)N(C)P(=O)(SC(C)CC)N(C)C=O. The first kappa shape index (κ1) is 20.0. The minimum absolute atomic E-state index is 0.00735. The van der Waals surface area contributed by atoms with Crippen LogP contribution in [0.25, 0.3) is 0 Å². The number of sulfonamides is 1. The van der Waals surface area contributed by atoms with Crippen molar-refractivity contribution in [2.45, 2.75) is 45.3 Å². The number of nitrogens with zero attached hydrogens (tertiary/aromatic N) is 2. The van der Waals surface area contributed by atoms with Gasteiger partial charge in [0.15, 0.2) is 0 Å². The summed E-state index contributed by atoms with van der Waals surface area (Å²) in [5.41, 5.74) is 0. The third kappa shape index (κ3) is 5.06. The van der Waals surface area contributed by atoms with Crippen LogP contribution in [0.4, 0.5) is 0 Å². The minimum Gasteiger partial charge on any atom is -0.278 e. The Bertz CT molecular complexity index is 455. The van der Waals surface area contributed by atoms with Crippen LogP contribution in [-0.4, -0.2) is 48.7 Å². The standard InChI is InChI=1S/C11H25N2O4PS2/c1-6-8-9-20(16,17)13(5)18(15,12(4)10-14)19-11(3)7-2/h10-11H,6-9H2,1-5H3. The highest BCUT2D eigenvalue weighted by Crippen LogP contribution is 2.65. The lowest BCUT2D eigenvalue weighted by molar-refractivity contribution is -0.113. The first-order chi connectivity index (χ1) is 9.15. The largest absolute Gasteiger partial charge is 0.310 e. The highest BCUT2D eigenvalue weighted by Gasteiger charge is 2.41. The van der Waals surface area contributed by atoms with Gasteiger partial charge in [-0.3, -0.25) is 14.0 Å². The molecule has 0 bridgehead atoms. The van der Waals surface area contributed by atoms with E-state index in [0.717, 1.165) is 33.0 Å². The van der Waals surface area contributed by atoms with Crippen molar-refractivity contribution in [3.63, 3.8) is 0 Å². The number of unbranched alkanes of at least 4 members (excludes halogenated alkanes) is 1. The molecule has 0 aromatic carbocycles. The molecule has 0 aliphatic carbocycles. The van der Waals surface area contributed by atoms with Crippen LogP contribution >= 0.6 is 18.0 Å². The Labute approximate surface area is 126 Å². The minimum atomic E-state index is -3.64. The van der Waals surface area contributed by atoms with E-state index in [1.54, 1.807) is 0 Å². The maximum Gasteiger partial charge on any atom is 0.310 e. The molecule has 0 fully saturated rings. The Kier molecular flexibility index (Phi) is 8.40. The molecule has 0 radical (unpaired) electrons. The summed E-state index contributed by atoms with van der Waals surface area (Å²) in [4.78, 5) is 11.0. The number of hydrogen-bond acceptors (Lipinski definition) is 5. The van der Waals surface area contributed by atoms with Crippen LogP contribution < -0.4 is 0 Å². The lowest BCUT2D eigenvalue weighted by Crippen LogP contribution is -2.32. The first-order valence-corrected chi connectivity index (χ1v) is 11.3. The lowest BCUT2D eigenvalue weighted by atomic mass is 10.4. The van der Waals surface area contributed by atoms with Gasteiger partial charge >= 0.3 is 6.65 Å². The van der Waals surface area contributed by atoms with Gasteiger partial charge < -0.3 is 0 Å². The molecule has 2 atom stereocenters. The molecule has 0 heterocycles. The molecule has 9 heteroatoms. The van der Waals surface area contributed by atoms with Gasteiger partial charge in [-0.1, -0.05) is 38.6 Å². The Morgan fingerprint density at radius 3 is 2.25 bits per heavy atom. The van der Waals surface area contributed by atoms with Crippen molar-refractivity contribution in [2.75, 3.05) is 19.8 Å². The van der Waals surface area contributed by atoms with Gasteiger partial charge in [0.2, 0.25) is 16.4 Å². The van der Waals surface area contributed by atoms with Gasteiger partial charge in [-0.15, -0.1) is 4.08 Å². The molecule has 0 saturated carbocycles. The number of rotatable bonds is 10. The van der Waals surface area contributed by atoms with E-state index in [0.29, 0.717) is 12.8 Å². The van der Waals surface area contributed by atoms with Crippen molar-refractivity contribution in [2.24, 2.45) is 0 Å². The molecule has 0 spiro atoms. The summed E-state index contributed by atoms with van der Waals surface area (Å²) in [5.74, 6) is -0.0578. The van der Waals surface area contributed by atoms with Crippen LogP contribution in [0, 0.1) is 0 Å². The van der Waals surface area contributed by atoms with Crippen LogP contribution in [0.5, 0.6) is 0 Å². The van der Waals surface area contributed by atoms with Gasteiger partial charge in [0.1, 0.15) is 0 Å². The van der Waals surface area contributed by atoms with E-state index in [1.165, 1.54) is 14.1 Å². The number of carbonyl (C=O) groups excluding carboxylic acids is 1. The lowest BCUT2D eigenvalue weighted by Gasteiger charge is -2.32. The van der Waals surface area contributed by atoms with Gasteiger partial charge in [0.05, 0.1) is 5.75 Å². The van der Waals surface area contributed by atoms with Crippen molar-refractivity contribution in [1.82, 2.24) is 8.75 Å². The molecule has 1 amide bonds. The van der Waals surface area contributed by atoms with Gasteiger partial charge in [-0.2, -0.15) is 0 Å². The smallest absolute Gasteiger partial charge is 0.278 e. The fraction of sp³-hybridized carbons (Fsp3) is 0.909. The summed E-state index contributed by atoms with van der Waals surface area (Å²) >= 11 is 1.05. The summed E-state index contributed by atoms with van der Waals surface area (Å²) in [5, 5.41) is -0.00735. The molecule has 0 saturated heterocycles. The second-order valence-electron chi connectivity index (χ2n) is 4.60. The van der Waals surface area contributed by atoms with Crippen LogP contribution in [0.3, 0.4) is 0 Å². The Morgan fingerprint density at radius 1 is 1.30 bits per heavy atom. The summed E-state index contributed by atoms with van der Waals surface area (Å²) in [6.45, 7) is 2.17. The van der Waals surface area contributed by atoms with Crippen LogP contribution in [0.2, 0.25) is 0 Å². The van der Waals surface area contributed by atoms with Crippen LogP contribution in [-0.2, 0) is 19.4 Å². The topological polar surface area (TPSA) is 74.8 Å². The van der Waals surface area contributed by atoms with E-state index in [-0.39, 0.29) is 11.0 Å². The Morgan fingerprint density at radius 2 is 1.85 bits per heavy atom. The van der Waals surface area contributed by atoms with E-state index in [9.17, 15) is 17.8 Å². The van der Waals surface area contributed by atoms with E-state index in [1.807, 2.05) is 20.8 Å². The quantitative estimate of drug-likeness (QED) is 0.450. The fourth-order valence-electron chi connectivity index (χ4n) is 1.32. The maximum absolute atomic E-state index is 13.0. The Hall–Kier alpha value is -0.0400.